The average molecular weight is 537 g/mol. The van der Waals surface area contributed by atoms with Crippen molar-refractivity contribution in [2.24, 2.45) is 10.9 Å². The van der Waals surface area contributed by atoms with Gasteiger partial charge < -0.3 is 25.0 Å². The number of ether oxygens (including phenoxy) is 2. The van der Waals surface area contributed by atoms with E-state index in [1.54, 1.807) is 7.05 Å². The lowest BCUT2D eigenvalue weighted by atomic mass is 10.1. The molecule has 0 bridgehead atoms. The van der Waals surface area contributed by atoms with E-state index in [0.717, 1.165) is 37.5 Å². The van der Waals surface area contributed by atoms with Crippen molar-refractivity contribution in [2.45, 2.75) is 32.7 Å². The molecule has 1 fully saturated rings. The lowest BCUT2D eigenvalue weighted by Crippen LogP contribution is -2.45. The Bertz CT molecular complexity index is 745. The van der Waals surface area contributed by atoms with Gasteiger partial charge in [0.2, 0.25) is 5.91 Å². The highest BCUT2D eigenvalue weighted by atomic mass is 127. The number of carbonyl (C=O) groups is 1. The lowest BCUT2D eigenvalue weighted by Gasteiger charge is -2.21. The Hall–Kier alpha value is -1.42. The van der Waals surface area contributed by atoms with Crippen molar-refractivity contribution in [1.82, 2.24) is 15.5 Å². The summed E-state index contributed by atoms with van der Waals surface area (Å²) in [5.41, 5.74) is 1.08. The van der Waals surface area contributed by atoms with Gasteiger partial charge in [0, 0.05) is 38.6 Å². The molecule has 0 aromatic heterocycles. The van der Waals surface area contributed by atoms with Crippen LogP contribution in [0.25, 0.3) is 0 Å². The van der Waals surface area contributed by atoms with E-state index in [1.165, 1.54) is 0 Å². The van der Waals surface area contributed by atoms with Crippen LogP contribution in [-0.4, -0.2) is 62.7 Å². The number of fused-ring (bicyclic) bond motifs is 1. The van der Waals surface area contributed by atoms with Gasteiger partial charge in [0.1, 0.15) is 13.2 Å². The summed E-state index contributed by atoms with van der Waals surface area (Å²) in [6, 6.07) is 4.11. The van der Waals surface area contributed by atoms with Crippen LogP contribution in [-0.2, 0) is 11.2 Å². The van der Waals surface area contributed by atoms with Crippen molar-refractivity contribution in [3.63, 3.8) is 0 Å². The predicted molar refractivity (Wildman–Crippen MR) is 126 cm³/mol. The van der Waals surface area contributed by atoms with Crippen LogP contribution in [0, 0.1) is 5.92 Å². The first-order valence-electron chi connectivity index (χ1n) is 9.82. The fourth-order valence-corrected chi connectivity index (χ4v) is 3.75. The molecule has 29 heavy (non-hydrogen) atoms. The summed E-state index contributed by atoms with van der Waals surface area (Å²) in [6.07, 6.45) is 1.70. The summed E-state index contributed by atoms with van der Waals surface area (Å²) in [4.78, 5) is 18.3. The largest absolute Gasteiger partial charge is 0.486 e. The van der Waals surface area contributed by atoms with Gasteiger partial charge in [-0.1, -0.05) is 25.4 Å². The third-order valence-electron chi connectivity index (χ3n) is 4.92. The molecule has 3 rings (SSSR count). The van der Waals surface area contributed by atoms with Crippen LogP contribution in [0.4, 0.5) is 0 Å². The Morgan fingerprint density at radius 3 is 2.83 bits per heavy atom. The van der Waals surface area contributed by atoms with Crippen molar-refractivity contribution in [3.05, 3.63) is 22.7 Å². The van der Waals surface area contributed by atoms with Crippen molar-refractivity contribution < 1.29 is 14.3 Å². The molecule has 9 heteroatoms. The quantitative estimate of drug-likeness (QED) is 0.344. The van der Waals surface area contributed by atoms with E-state index >= 15 is 0 Å². The highest BCUT2D eigenvalue weighted by Crippen LogP contribution is 2.38. The first kappa shape index (κ1) is 23.9. The second kappa shape index (κ2) is 11.1. The van der Waals surface area contributed by atoms with Gasteiger partial charge in [-0.3, -0.25) is 9.79 Å². The minimum absolute atomic E-state index is 0. The summed E-state index contributed by atoms with van der Waals surface area (Å²) in [5.74, 6) is 2.32. The number of guanidine groups is 1. The Morgan fingerprint density at radius 2 is 2.10 bits per heavy atom. The Kier molecular flexibility index (Phi) is 9.13. The number of nitrogens with one attached hydrogen (secondary N) is 2. The van der Waals surface area contributed by atoms with Crippen LogP contribution >= 0.6 is 35.6 Å². The molecule has 0 saturated carbocycles. The fraction of sp³-hybridized carbons (Fsp3) is 0.600. The van der Waals surface area contributed by atoms with E-state index < -0.39 is 0 Å². The second-order valence-electron chi connectivity index (χ2n) is 7.42. The number of likely N-dealkylation sites (tertiary alicyclic amines) is 1. The number of carbonyl (C=O) groups excluding carboxylic acids is 1. The molecule has 2 heterocycles. The molecule has 1 aromatic carbocycles. The Labute approximate surface area is 194 Å². The third-order valence-corrected chi connectivity index (χ3v) is 5.20. The zero-order valence-corrected chi connectivity index (χ0v) is 20.3. The van der Waals surface area contributed by atoms with Crippen molar-refractivity contribution in [3.8, 4) is 11.5 Å². The SMILES string of the molecule is CN=C(NCCc1cc(Cl)c2c(c1)OCCO2)NC1CCN(C(=O)C(C)C)C1.I. The Balaban J connectivity index is 0.00000300. The zero-order valence-electron chi connectivity index (χ0n) is 17.2. The van der Waals surface area contributed by atoms with Gasteiger partial charge in [0.05, 0.1) is 5.02 Å². The summed E-state index contributed by atoms with van der Waals surface area (Å²) in [6.45, 7) is 7.16. The van der Waals surface area contributed by atoms with Gasteiger partial charge >= 0.3 is 0 Å². The maximum Gasteiger partial charge on any atom is 0.225 e. The molecule has 1 amide bonds. The number of aliphatic imine (C=N–C) groups is 1. The van der Waals surface area contributed by atoms with Gasteiger partial charge in [0.15, 0.2) is 17.5 Å². The zero-order chi connectivity index (χ0) is 20.1. The van der Waals surface area contributed by atoms with E-state index in [2.05, 4.69) is 15.6 Å². The van der Waals surface area contributed by atoms with Crippen LogP contribution < -0.4 is 20.1 Å². The van der Waals surface area contributed by atoms with E-state index in [-0.39, 0.29) is 41.8 Å². The molecular weight excluding hydrogens is 507 g/mol. The molecular formula is C20H30ClIN4O3. The molecule has 1 atom stereocenters. The van der Waals surface area contributed by atoms with Crippen LogP contribution in [0.2, 0.25) is 5.02 Å². The summed E-state index contributed by atoms with van der Waals surface area (Å²) < 4.78 is 11.2. The first-order valence-corrected chi connectivity index (χ1v) is 10.2. The lowest BCUT2D eigenvalue weighted by molar-refractivity contribution is -0.133. The molecule has 1 unspecified atom stereocenters. The number of benzene rings is 1. The van der Waals surface area contributed by atoms with Crippen LogP contribution in [0.5, 0.6) is 11.5 Å². The topological polar surface area (TPSA) is 75.2 Å². The third kappa shape index (κ3) is 6.28. The number of nitrogens with zero attached hydrogens (tertiary/aromatic N) is 2. The molecule has 2 N–H and O–H groups in total. The number of halogens is 2. The first-order chi connectivity index (χ1) is 13.5. The standard InChI is InChI=1S/C20H29ClN4O3.HI/c1-13(2)19(26)25-7-5-15(12-25)24-20(22-3)23-6-4-14-10-16(21)18-17(11-14)27-8-9-28-18;/h10-11,13,15H,4-9,12H2,1-3H3,(H2,22,23,24);1H. The number of rotatable bonds is 5. The summed E-state index contributed by atoms with van der Waals surface area (Å²) in [5, 5.41) is 7.32. The highest BCUT2D eigenvalue weighted by molar-refractivity contribution is 14.0. The summed E-state index contributed by atoms with van der Waals surface area (Å²) in [7, 11) is 1.75. The monoisotopic (exact) mass is 536 g/mol. The minimum Gasteiger partial charge on any atom is -0.486 e. The Morgan fingerprint density at radius 1 is 1.34 bits per heavy atom. The molecule has 0 spiro atoms. The minimum atomic E-state index is 0. The maximum absolute atomic E-state index is 12.1. The van der Waals surface area contributed by atoms with Crippen molar-refractivity contribution in [2.75, 3.05) is 39.9 Å². The maximum atomic E-state index is 12.1. The number of hydrogen-bond donors (Lipinski definition) is 2. The van der Waals surface area contributed by atoms with Gasteiger partial charge in [-0.15, -0.1) is 24.0 Å². The molecule has 0 aliphatic carbocycles. The molecule has 0 radical (unpaired) electrons. The van der Waals surface area contributed by atoms with Crippen LogP contribution in [0.15, 0.2) is 17.1 Å². The van der Waals surface area contributed by atoms with Crippen molar-refractivity contribution >= 4 is 47.4 Å². The van der Waals surface area contributed by atoms with E-state index in [9.17, 15) is 4.79 Å². The van der Waals surface area contributed by atoms with Crippen LogP contribution in [0.1, 0.15) is 25.8 Å². The predicted octanol–water partition coefficient (Wildman–Crippen LogP) is 2.69. The van der Waals surface area contributed by atoms with Gasteiger partial charge in [-0.05, 0) is 30.5 Å². The number of amides is 1. The van der Waals surface area contributed by atoms with Gasteiger partial charge in [0.25, 0.3) is 0 Å². The highest BCUT2D eigenvalue weighted by Gasteiger charge is 2.27. The molecule has 1 aromatic rings. The van der Waals surface area contributed by atoms with E-state index in [4.69, 9.17) is 21.1 Å². The normalized spacial score (nSPS) is 18.4. The average Bonchev–Trinajstić information content (AvgIpc) is 3.15. The number of hydrogen-bond acceptors (Lipinski definition) is 4. The van der Waals surface area contributed by atoms with E-state index in [0.29, 0.717) is 36.3 Å². The summed E-state index contributed by atoms with van der Waals surface area (Å²) >= 11 is 6.30. The van der Waals surface area contributed by atoms with Crippen LogP contribution in [0.3, 0.4) is 0 Å². The molecule has 162 valence electrons. The second-order valence-corrected chi connectivity index (χ2v) is 7.83. The molecule has 7 nitrogen and oxygen atoms in total. The molecule has 2 aliphatic rings. The molecule has 1 saturated heterocycles. The fourth-order valence-electron chi connectivity index (χ4n) is 3.47. The van der Waals surface area contributed by atoms with Gasteiger partial charge in [-0.25, -0.2) is 0 Å². The smallest absolute Gasteiger partial charge is 0.225 e. The van der Waals surface area contributed by atoms with Gasteiger partial charge in [-0.2, -0.15) is 0 Å². The van der Waals surface area contributed by atoms with E-state index in [1.807, 2.05) is 30.9 Å². The molecule has 2 aliphatic heterocycles. The van der Waals surface area contributed by atoms with Crippen molar-refractivity contribution in [1.29, 1.82) is 0 Å².